The highest BCUT2D eigenvalue weighted by molar-refractivity contribution is 5.07. The monoisotopic (exact) mass is 108 g/mol. The van der Waals surface area contributed by atoms with Gasteiger partial charge in [0.1, 0.15) is 0 Å². The molecular formula is C8H12. The molecule has 0 unspecified atom stereocenters. The molecule has 0 aliphatic rings. The Hall–Kier alpha value is -0.700. The quantitative estimate of drug-likeness (QED) is 0.357. The zero-order chi connectivity index (χ0) is 6.41. The summed E-state index contributed by atoms with van der Waals surface area (Å²) in [6, 6.07) is 0. The van der Waals surface area contributed by atoms with Crippen LogP contribution in [-0.4, -0.2) is 0 Å². The maximum Gasteiger partial charge on any atom is 0.0293 e. The van der Waals surface area contributed by atoms with E-state index in [1.54, 1.807) is 0 Å². The van der Waals surface area contributed by atoms with Gasteiger partial charge in [-0.3, -0.25) is 0 Å². The summed E-state index contributed by atoms with van der Waals surface area (Å²) < 4.78 is 0. The molecule has 0 saturated heterocycles. The molecule has 0 rings (SSSR count). The van der Waals surface area contributed by atoms with Crippen molar-refractivity contribution in [3.8, 4) is 11.8 Å². The molecule has 0 amide bonds. The highest BCUT2D eigenvalue weighted by Crippen LogP contribution is 1.90. The number of hydrogen-bond acceptors (Lipinski definition) is 0. The molecule has 0 bridgehead atoms. The topological polar surface area (TPSA) is 0 Å². The Morgan fingerprint density at radius 2 is 2.12 bits per heavy atom. The number of rotatable bonds is 1. The molecule has 0 atom stereocenters. The summed E-state index contributed by atoms with van der Waals surface area (Å²) in [6.07, 6.45) is 1.81. The van der Waals surface area contributed by atoms with Crippen molar-refractivity contribution in [3.05, 3.63) is 12.2 Å². The molecule has 0 nitrogen and oxygen atoms in total. The van der Waals surface area contributed by atoms with Crippen LogP contribution < -0.4 is 0 Å². The van der Waals surface area contributed by atoms with Gasteiger partial charge in [-0.2, -0.15) is 0 Å². The Morgan fingerprint density at radius 1 is 1.50 bits per heavy atom. The van der Waals surface area contributed by atoms with Gasteiger partial charge in [0.2, 0.25) is 0 Å². The first-order valence-electron chi connectivity index (χ1n) is 2.87. The van der Waals surface area contributed by atoms with Crippen LogP contribution >= 0.6 is 0 Å². The van der Waals surface area contributed by atoms with Crippen LogP contribution in [0.1, 0.15) is 26.7 Å². The van der Waals surface area contributed by atoms with Crippen LogP contribution in [0.4, 0.5) is 0 Å². The summed E-state index contributed by atoms with van der Waals surface area (Å²) in [7, 11) is 0. The molecule has 0 saturated carbocycles. The standard InChI is InChI=1S/C8H12/c1-4-5-6-7-8(2)3/h2,4,7H2,1,3H3. The van der Waals surface area contributed by atoms with E-state index < -0.39 is 0 Å². The molecule has 0 heteroatoms. The van der Waals surface area contributed by atoms with Crippen molar-refractivity contribution in [2.75, 3.05) is 0 Å². The summed E-state index contributed by atoms with van der Waals surface area (Å²) >= 11 is 0. The minimum atomic E-state index is 0.855. The zero-order valence-corrected chi connectivity index (χ0v) is 5.62. The molecule has 0 aromatic rings. The first-order chi connectivity index (χ1) is 3.77. The van der Waals surface area contributed by atoms with Crippen molar-refractivity contribution in [3.63, 3.8) is 0 Å². The molecule has 8 heavy (non-hydrogen) atoms. The maximum atomic E-state index is 3.72. The first-order valence-corrected chi connectivity index (χ1v) is 2.87. The largest absolute Gasteiger partial charge is 0.103 e. The molecule has 0 heterocycles. The van der Waals surface area contributed by atoms with Crippen LogP contribution in [-0.2, 0) is 0 Å². The lowest BCUT2D eigenvalue weighted by Gasteiger charge is -1.82. The summed E-state index contributed by atoms with van der Waals surface area (Å²) in [5.41, 5.74) is 1.14. The third-order valence-corrected chi connectivity index (χ3v) is 0.692. The summed E-state index contributed by atoms with van der Waals surface area (Å²) in [6.45, 7) is 7.76. The fourth-order valence-corrected chi connectivity index (χ4v) is 0.338. The highest BCUT2D eigenvalue weighted by Gasteiger charge is 1.74. The van der Waals surface area contributed by atoms with Gasteiger partial charge < -0.3 is 0 Å². The fraction of sp³-hybridized carbons (Fsp3) is 0.500. The number of hydrogen-bond donors (Lipinski definition) is 0. The fourth-order valence-electron chi connectivity index (χ4n) is 0.338. The van der Waals surface area contributed by atoms with Gasteiger partial charge in [-0.05, 0) is 6.92 Å². The highest BCUT2D eigenvalue weighted by atomic mass is 13.8. The van der Waals surface area contributed by atoms with E-state index in [-0.39, 0.29) is 0 Å². The van der Waals surface area contributed by atoms with Gasteiger partial charge in [-0.25, -0.2) is 0 Å². The van der Waals surface area contributed by atoms with E-state index in [2.05, 4.69) is 18.4 Å². The van der Waals surface area contributed by atoms with E-state index in [1.807, 2.05) is 13.8 Å². The molecule has 0 aliphatic carbocycles. The molecule has 0 aromatic carbocycles. The van der Waals surface area contributed by atoms with Crippen LogP contribution in [0.15, 0.2) is 12.2 Å². The summed E-state index contributed by atoms with van der Waals surface area (Å²) in [5, 5.41) is 0. The van der Waals surface area contributed by atoms with E-state index in [4.69, 9.17) is 0 Å². The lowest BCUT2D eigenvalue weighted by Crippen LogP contribution is -1.66. The van der Waals surface area contributed by atoms with Crippen LogP contribution in [0, 0.1) is 11.8 Å². The van der Waals surface area contributed by atoms with Gasteiger partial charge in [-0.15, -0.1) is 5.92 Å². The molecule has 0 N–H and O–H groups in total. The lowest BCUT2D eigenvalue weighted by atomic mass is 10.2. The molecule has 0 radical (unpaired) electrons. The molecule has 0 spiro atoms. The maximum absolute atomic E-state index is 3.72. The Balaban J connectivity index is 3.29. The average Bonchev–Trinajstić information content (AvgIpc) is 1.66. The minimum absolute atomic E-state index is 0.855. The molecule has 0 fully saturated rings. The summed E-state index contributed by atoms with van der Waals surface area (Å²) in [4.78, 5) is 0. The van der Waals surface area contributed by atoms with E-state index in [0.29, 0.717) is 0 Å². The van der Waals surface area contributed by atoms with E-state index >= 15 is 0 Å². The SMILES string of the molecule is C=C(C)CC#CCC. The van der Waals surface area contributed by atoms with Gasteiger partial charge in [0.15, 0.2) is 0 Å². The third-order valence-electron chi connectivity index (χ3n) is 0.692. The Morgan fingerprint density at radius 3 is 2.50 bits per heavy atom. The molecule has 0 aliphatic heterocycles. The van der Waals surface area contributed by atoms with Gasteiger partial charge in [0, 0.05) is 12.8 Å². The zero-order valence-electron chi connectivity index (χ0n) is 5.62. The summed E-state index contributed by atoms with van der Waals surface area (Å²) in [5.74, 6) is 5.95. The average molecular weight is 108 g/mol. The van der Waals surface area contributed by atoms with Gasteiger partial charge in [0.05, 0.1) is 0 Å². The van der Waals surface area contributed by atoms with E-state index in [0.717, 1.165) is 18.4 Å². The number of allylic oxidation sites excluding steroid dienone is 1. The van der Waals surface area contributed by atoms with Crippen molar-refractivity contribution in [2.24, 2.45) is 0 Å². The minimum Gasteiger partial charge on any atom is -0.103 e. The molecular weight excluding hydrogens is 96.1 g/mol. The van der Waals surface area contributed by atoms with Crippen molar-refractivity contribution < 1.29 is 0 Å². The van der Waals surface area contributed by atoms with Crippen molar-refractivity contribution in [2.45, 2.75) is 26.7 Å². The van der Waals surface area contributed by atoms with Crippen molar-refractivity contribution in [1.29, 1.82) is 0 Å². The second-order valence-electron chi connectivity index (χ2n) is 1.84. The normalized spacial score (nSPS) is 7.25. The Labute approximate surface area is 51.6 Å². The Kier molecular flexibility index (Phi) is 4.07. The van der Waals surface area contributed by atoms with E-state index in [9.17, 15) is 0 Å². The van der Waals surface area contributed by atoms with Crippen LogP contribution in [0.5, 0.6) is 0 Å². The Bertz CT molecular complexity index is 121. The van der Waals surface area contributed by atoms with E-state index in [1.165, 1.54) is 0 Å². The smallest absolute Gasteiger partial charge is 0.0293 e. The van der Waals surface area contributed by atoms with Crippen LogP contribution in [0.2, 0.25) is 0 Å². The predicted octanol–water partition coefficient (Wildman–Crippen LogP) is 2.37. The molecule has 0 aromatic heterocycles. The van der Waals surface area contributed by atoms with Gasteiger partial charge >= 0.3 is 0 Å². The van der Waals surface area contributed by atoms with Gasteiger partial charge in [-0.1, -0.05) is 25.0 Å². The third kappa shape index (κ3) is 5.30. The second kappa shape index (κ2) is 4.46. The predicted molar refractivity (Wildman–Crippen MR) is 37.5 cm³/mol. The van der Waals surface area contributed by atoms with Crippen molar-refractivity contribution >= 4 is 0 Å². The molecule has 44 valence electrons. The van der Waals surface area contributed by atoms with Crippen LogP contribution in [0.25, 0.3) is 0 Å². The second-order valence-corrected chi connectivity index (χ2v) is 1.84. The van der Waals surface area contributed by atoms with Gasteiger partial charge in [0.25, 0.3) is 0 Å². The van der Waals surface area contributed by atoms with Crippen LogP contribution in [0.3, 0.4) is 0 Å². The first kappa shape index (κ1) is 7.30. The van der Waals surface area contributed by atoms with Crippen molar-refractivity contribution in [1.82, 2.24) is 0 Å². The lowest BCUT2D eigenvalue weighted by molar-refractivity contribution is 1.23.